The minimum atomic E-state index is 0.404. The van der Waals surface area contributed by atoms with Crippen molar-refractivity contribution < 1.29 is 4.74 Å². The third-order valence-electron chi connectivity index (χ3n) is 3.11. The van der Waals surface area contributed by atoms with Crippen molar-refractivity contribution in [3.8, 4) is 5.75 Å². The van der Waals surface area contributed by atoms with Crippen LogP contribution in [0.2, 0.25) is 0 Å². The van der Waals surface area contributed by atoms with E-state index in [4.69, 9.17) is 4.74 Å². The molecule has 1 heterocycles. The molecule has 0 fully saturated rings. The molecule has 0 aromatic heterocycles. The Bertz CT molecular complexity index is 376. The molecule has 94 valence electrons. The number of ether oxygens (including phenoxy) is 1. The summed E-state index contributed by atoms with van der Waals surface area (Å²) in [6, 6.07) is 6.98. The Morgan fingerprint density at radius 2 is 2.24 bits per heavy atom. The lowest BCUT2D eigenvalue weighted by molar-refractivity contribution is 0.344. The number of hydrogen-bond acceptors (Lipinski definition) is 3. The summed E-state index contributed by atoms with van der Waals surface area (Å²) in [6.45, 7) is 5.00. The summed E-state index contributed by atoms with van der Waals surface area (Å²) < 4.78 is 5.54. The lowest BCUT2D eigenvalue weighted by atomic mass is 10.0. The molecule has 0 bridgehead atoms. The van der Waals surface area contributed by atoms with Crippen molar-refractivity contribution in [3.05, 3.63) is 29.3 Å². The third-order valence-corrected chi connectivity index (χ3v) is 3.11. The number of fused-ring (bicyclic) bond motifs is 1. The second-order valence-electron chi connectivity index (χ2n) is 4.84. The van der Waals surface area contributed by atoms with Gasteiger partial charge >= 0.3 is 0 Å². The van der Waals surface area contributed by atoms with Crippen LogP contribution in [0.4, 0.5) is 0 Å². The van der Waals surface area contributed by atoms with Gasteiger partial charge in [0.05, 0.1) is 6.61 Å². The van der Waals surface area contributed by atoms with Crippen molar-refractivity contribution in [2.24, 2.45) is 0 Å². The van der Waals surface area contributed by atoms with Crippen molar-refractivity contribution in [1.82, 2.24) is 10.2 Å². The molecule has 1 aromatic carbocycles. The summed E-state index contributed by atoms with van der Waals surface area (Å²) in [6.07, 6.45) is 1.05. The fourth-order valence-corrected chi connectivity index (χ4v) is 2.32. The van der Waals surface area contributed by atoms with Gasteiger partial charge in [-0.3, -0.25) is 0 Å². The van der Waals surface area contributed by atoms with Crippen LogP contribution in [0.1, 0.15) is 24.1 Å². The predicted octanol–water partition coefficient (Wildman–Crippen LogP) is 1.83. The maximum Gasteiger partial charge on any atom is 0.122 e. The average molecular weight is 234 g/mol. The Hall–Kier alpha value is -1.06. The number of nitrogens with one attached hydrogen (secondary N) is 1. The molecule has 17 heavy (non-hydrogen) atoms. The highest BCUT2D eigenvalue weighted by Gasteiger charge is 2.16. The van der Waals surface area contributed by atoms with Gasteiger partial charge in [0.15, 0.2) is 0 Å². The number of rotatable bonds is 5. The first-order valence-corrected chi connectivity index (χ1v) is 6.34. The molecule has 1 aromatic rings. The summed E-state index contributed by atoms with van der Waals surface area (Å²) in [7, 11) is 4.22. The van der Waals surface area contributed by atoms with Crippen LogP contribution < -0.4 is 10.1 Å². The van der Waals surface area contributed by atoms with Crippen LogP contribution in [0.25, 0.3) is 0 Å². The summed E-state index contributed by atoms with van der Waals surface area (Å²) in [5.74, 6) is 1.06. The van der Waals surface area contributed by atoms with Crippen molar-refractivity contribution in [2.45, 2.75) is 19.4 Å². The standard InChI is InChI=1S/C14H22N2O/c1-4-15-13(10-16(2)3)11-5-6-14-12(9-11)7-8-17-14/h5-6,9,13,15H,4,7-8,10H2,1-3H3. The van der Waals surface area contributed by atoms with Crippen molar-refractivity contribution in [1.29, 1.82) is 0 Å². The molecule has 1 aliphatic rings. The molecule has 0 radical (unpaired) electrons. The van der Waals surface area contributed by atoms with Crippen LogP contribution >= 0.6 is 0 Å². The monoisotopic (exact) mass is 234 g/mol. The van der Waals surface area contributed by atoms with Crippen LogP contribution in [0.5, 0.6) is 5.75 Å². The predicted molar refractivity (Wildman–Crippen MR) is 70.6 cm³/mol. The van der Waals surface area contributed by atoms with Gasteiger partial charge in [0, 0.05) is 19.0 Å². The van der Waals surface area contributed by atoms with Gasteiger partial charge in [-0.1, -0.05) is 19.1 Å². The van der Waals surface area contributed by atoms with Gasteiger partial charge in [-0.15, -0.1) is 0 Å². The van der Waals surface area contributed by atoms with Gasteiger partial charge in [0.25, 0.3) is 0 Å². The number of hydrogen-bond donors (Lipinski definition) is 1. The van der Waals surface area contributed by atoms with E-state index in [1.54, 1.807) is 0 Å². The van der Waals surface area contributed by atoms with Crippen LogP contribution in [0.3, 0.4) is 0 Å². The van der Waals surface area contributed by atoms with Crippen molar-refractivity contribution in [3.63, 3.8) is 0 Å². The summed E-state index contributed by atoms with van der Waals surface area (Å²) in [5.41, 5.74) is 2.72. The maximum absolute atomic E-state index is 5.54. The molecular weight excluding hydrogens is 212 g/mol. The average Bonchev–Trinajstić information content (AvgIpc) is 2.74. The largest absolute Gasteiger partial charge is 0.493 e. The summed E-state index contributed by atoms with van der Waals surface area (Å²) in [5, 5.41) is 3.54. The Kier molecular flexibility index (Phi) is 4.02. The van der Waals surface area contributed by atoms with E-state index < -0.39 is 0 Å². The molecule has 1 N–H and O–H groups in total. The van der Waals surface area contributed by atoms with E-state index in [-0.39, 0.29) is 0 Å². The van der Waals surface area contributed by atoms with Gasteiger partial charge in [-0.2, -0.15) is 0 Å². The Morgan fingerprint density at radius 1 is 1.41 bits per heavy atom. The highest BCUT2D eigenvalue weighted by molar-refractivity contribution is 5.40. The Morgan fingerprint density at radius 3 is 2.94 bits per heavy atom. The van der Waals surface area contributed by atoms with Gasteiger partial charge in [0.2, 0.25) is 0 Å². The first-order chi connectivity index (χ1) is 8.20. The summed E-state index contributed by atoms with van der Waals surface area (Å²) >= 11 is 0. The minimum absolute atomic E-state index is 0.404. The van der Waals surface area contributed by atoms with Crippen LogP contribution in [-0.4, -0.2) is 38.7 Å². The Labute approximate surface area is 104 Å². The molecule has 1 atom stereocenters. The first kappa shape index (κ1) is 12.4. The van der Waals surface area contributed by atoms with Crippen molar-refractivity contribution in [2.75, 3.05) is 33.8 Å². The molecule has 3 nitrogen and oxygen atoms in total. The highest BCUT2D eigenvalue weighted by atomic mass is 16.5. The lowest BCUT2D eigenvalue weighted by Crippen LogP contribution is -2.31. The number of benzene rings is 1. The topological polar surface area (TPSA) is 24.5 Å². The quantitative estimate of drug-likeness (QED) is 0.841. The van der Waals surface area contributed by atoms with Gasteiger partial charge in [-0.05, 0) is 37.8 Å². The van der Waals surface area contributed by atoms with Crippen LogP contribution in [0, 0.1) is 0 Å². The fraction of sp³-hybridized carbons (Fsp3) is 0.571. The number of nitrogens with zero attached hydrogens (tertiary/aromatic N) is 1. The van der Waals surface area contributed by atoms with E-state index in [2.05, 4.69) is 49.4 Å². The van der Waals surface area contributed by atoms with Gasteiger partial charge in [-0.25, -0.2) is 0 Å². The zero-order valence-electron chi connectivity index (χ0n) is 11.0. The van der Waals surface area contributed by atoms with E-state index in [1.165, 1.54) is 11.1 Å². The second-order valence-corrected chi connectivity index (χ2v) is 4.84. The fourth-order valence-electron chi connectivity index (χ4n) is 2.32. The van der Waals surface area contributed by atoms with Crippen LogP contribution in [-0.2, 0) is 6.42 Å². The molecule has 1 aliphatic heterocycles. The second kappa shape index (κ2) is 5.52. The van der Waals surface area contributed by atoms with E-state index in [1.807, 2.05) is 0 Å². The van der Waals surface area contributed by atoms with Gasteiger partial charge in [0.1, 0.15) is 5.75 Å². The minimum Gasteiger partial charge on any atom is -0.493 e. The molecule has 2 rings (SSSR count). The molecule has 1 unspecified atom stereocenters. The lowest BCUT2D eigenvalue weighted by Gasteiger charge is -2.22. The molecular formula is C14H22N2O. The molecule has 3 heteroatoms. The Balaban J connectivity index is 2.17. The third kappa shape index (κ3) is 2.99. The molecule has 0 spiro atoms. The summed E-state index contributed by atoms with van der Waals surface area (Å²) in [4.78, 5) is 2.22. The molecule has 0 saturated carbocycles. The SMILES string of the molecule is CCNC(CN(C)C)c1ccc2c(c1)CCO2. The van der Waals surface area contributed by atoms with Crippen molar-refractivity contribution >= 4 is 0 Å². The van der Waals surface area contributed by atoms with E-state index >= 15 is 0 Å². The zero-order valence-corrected chi connectivity index (χ0v) is 11.0. The molecule has 0 aliphatic carbocycles. The van der Waals surface area contributed by atoms with Gasteiger partial charge < -0.3 is 15.0 Å². The number of likely N-dealkylation sites (N-methyl/N-ethyl adjacent to an activating group) is 2. The van der Waals surface area contributed by atoms with Crippen LogP contribution in [0.15, 0.2) is 18.2 Å². The van der Waals surface area contributed by atoms with E-state index in [9.17, 15) is 0 Å². The van der Waals surface area contributed by atoms with E-state index in [0.717, 1.165) is 31.9 Å². The first-order valence-electron chi connectivity index (χ1n) is 6.34. The molecule has 0 amide bonds. The normalized spacial score (nSPS) is 15.8. The smallest absolute Gasteiger partial charge is 0.122 e. The zero-order chi connectivity index (χ0) is 12.3. The van der Waals surface area contributed by atoms with E-state index in [0.29, 0.717) is 6.04 Å². The highest BCUT2D eigenvalue weighted by Crippen LogP contribution is 2.28. The molecule has 0 saturated heterocycles. The maximum atomic E-state index is 5.54.